The molecule has 2 aliphatic heterocycles. The molecule has 2 heterocycles. The maximum absolute atomic E-state index is 13.2. The molecule has 138 valence electrons. The first-order valence-electron chi connectivity index (χ1n) is 8.13. The standard InChI is InChI=1S/C18H14BrFN4O3/c1-27-13-6-7-14(19)10(8-13)9-23-16-15(21-22-23)17(25)24(18(16)26)12-4-2-11(20)3-5-12/h2-8,15-16H,9H2,1H3. The lowest BCUT2D eigenvalue weighted by atomic mass is 10.1. The van der Waals surface area contributed by atoms with Crippen LogP contribution in [-0.2, 0) is 16.1 Å². The first-order valence-corrected chi connectivity index (χ1v) is 8.92. The largest absolute Gasteiger partial charge is 0.497 e. The highest BCUT2D eigenvalue weighted by Crippen LogP contribution is 2.34. The number of imide groups is 1. The normalized spacial score (nSPS) is 21.1. The van der Waals surface area contributed by atoms with Gasteiger partial charge in [0.2, 0.25) is 0 Å². The zero-order valence-corrected chi connectivity index (χ0v) is 15.8. The van der Waals surface area contributed by atoms with Gasteiger partial charge in [-0.2, -0.15) is 5.11 Å². The number of ether oxygens (including phenoxy) is 1. The number of rotatable bonds is 4. The highest BCUT2D eigenvalue weighted by molar-refractivity contribution is 9.10. The van der Waals surface area contributed by atoms with Gasteiger partial charge in [0.1, 0.15) is 11.6 Å². The highest BCUT2D eigenvalue weighted by Gasteiger charge is 2.54. The second-order valence-corrected chi connectivity index (χ2v) is 6.99. The number of halogens is 2. The van der Waals surface area contributed by atoms with E-state index in [2.05, 4.69) is 26.3 Å². The first-order chi connectivity index (χ1) is 13.0. The van der Waals surface area contributed by atoms with Gasteiger partial charge >= 0.3 is 0 Å². The van der Waals surface area contributed by atoms with E-state index in [4.69, 9.17) is 4.74 Å². The van der Waals surface area contributed by atoms with Gasteiger partial charge in [-0.1, -0.05) is 21.2 Å². The number of benzene rings is 2. The fraction of sp³-hybridized carbons (Fsp3) is 0.222. The van der Waals surface area contributed by atoms with Gasteiger partial charge < -0.3 is 4.74 Å². The predicted molar refractivity (Wildman–Crippen MR) is 97.6 cm³/mol. The molecule has 9 heteroatoms. The van der Waals surface area contributed by atoms with Crippen LogP contribution in [0, 0.1) is 5.82 Å². The Morgan fingerprint density at radius 2 is 1.89 bits per heavy atom. The third kappa shape index (κ3) is 2.97. The molecule has 2 aromatic carbocycles. The monoisotopic (exact) mass is 432 g/mol. The molecule has 2 atom stereocenters. The van der Waals surface area contributed by atoms with E-state index in [1.807, 2.05) is 18.2 Å². The summed E-state index contributed by atoms with van der Waals surface area (Å²) in [6.45, 7) is 0.277. The van der Waals surface area contributed by atoms with Gasteiger partial charge in [0.15, 0.2) is 12.1 Å². The highest BCUT2D eigenvalue weighted by atomic mass is 79.9. The van der Waals surface area contributed by atoms with E-state index in [0.29, 0.717) is 11.4 Å². The van der Waals surface area contributed by atoms with Gasteiger partial charge in [0.25, 0.3) is 11.8 Å². The molecule has 2 unspecified atom stereocenters. The van der Waals surface area contributed by atoms with Crippen molar-refractivity contribution in [2.24, 2.45) is 10.3 Å². The minimum Gasteiger partial charge on any atom is -0.497 e. The van der Waals surface area contributed by atoms with Crippen LogP contribution in [0.3, 0.4) is 0 Å². The van der Waals surface area contributed by atoms with Crippen LogP contribution < -0.4 is 9.64 Å². The van der Waals surface area contributed by atoms with Gasteiger partial charge in [-0.05, 0) is 48.0 Å². The van der Waals surface area contributed by atoms with E-state index in [1.165, 1.54) is 29.3 Å². The Kier molecular flexibility index (Phi) is 4.39. The second-order valence-electron chi connectivity index (χ2n) is 6.14. The van der Waals surface area contributed by atoms with Crippen LogP contribution in [0.5, 0.6) is 5.75 Å². The summed E-state index contributed by atoms with van der Waals surface area (Å²) in [5, 5.41) is 9.51. The van der Waals surface area contributed by atoms with E-state index >= 15 is 0 Å². The minimum atomic E-state index is -0.896. The van der Waals surface area contributed by atoms with Crippen molar-refractivity contribution in [2.45, 2.75) is 18.6 Å². The van der Waals surface area contributed by atoms with Crippen molar-refractivity contribution < 1.29 is 18.7 Å². The number of fused-ring (bicyclic) bond motifs is 1. The zero-order chi connectivity index (χ0) is 19.1. The lowest BCUT2D eigenvalue weighted by molar-refractivity contribution is -0.123. The van der Waals surface area contributed by atoms with Crippen LogP contribution >= 0.6 is 15.9 Å². The Hall–Kier alpha value is -2.81. The number of amides is 2. The van der Waals surface area contributed by atoms with Gasteiger partial charge in [0.05, 0.1) is 19.3 Å². The van der Waals surface area contributed by atoms with Crippen LogP contribution in [0.15, 0.2) is 57.3 Å². The van der Waals surface area contributed by atoms with Crippen LogP contribution in [0.4, 0.5) is 10.1 Å². The van der Waals surface area contributed by atoms with Gasteiger partial charge in [-0.15, -0.1) is 0 Å². The third-order valence-corrected chi connectivity index (χ3v) is 5.30. The molecule has 1 saturated heterocycles. The lowest BCUT2D eigenvalue weighted by Gasteiger charge is -2.21. The molecule has 2 aromatic rings. The lowest BCUT2D eigenvalue weighted by Crippen LogP contribution is -2.39. The van der Waals surface area contributed by atoms with E-state index in [1.54, 1.807) is 7.11 Å². The molecular weight excluding hydrogens is 419 g/mol. The Balaban J connectivity index is 1.61. The maximum atomic E-state index is 13.2. The summed E-state index contributed by atoms with van der Waals surface area (Å²) in [5.74, 6) is -0.668. The summed E-state index contributed by atoms with van der Waals surface area (Å²) < 4.78 is 19.2. The van der Waals surface area contributed by atoms with Crippen molar-refractivity contribution >= 4 is 33.4 Å². The maximum Gasteiger partial charge on any atom is 0.263 e. The molecular formula is C18H14BrFN4O3. The average Bonchev–Trinajstić information content (AvgIpc) is 3.18. The van der Waals surface area contributed by atoms with E-state index in [-0.39, 0.29) is 6.54 Å². The van der Waals surface area contributed by atoms with Gasteiger partial charge in [-0.25, -0.2) is 9.29 Å². The van der Waals surface area contributed by atoms with E-state index in [0.717, 1.165) is 14.9 Å². The summed E-state index contributed by atoms with van der Waals surface area (Å²) in [6, 6.07) is 8.96. The van der Waals surface area contributed by atoms with Crippen molar-refractivity contribution in [3.8, 4) is 5.75 Å². The number of anilines is 1. The predicted octanol–water partition coefficient (Wildman–Crippen LogP) is 3.09. The van der Waals surface area contributed by atoms with Crippen molar-refractivity contribution in [3.63, 3.8) is 0 Å². The van der Waals surface area contributed by atoms with E-state index < -0.39 is 29.7 Å². The zero-order valence-electron chi connectivity index (χ0n) is 14.2. The molecule has 27 heavy (non-hydrogen) atoms. The number of methoxy groups -OCH3 is 1. The SMILES string of the molecule is COc1ccc(Br)c(CN2N=NC3C(=O)N(c4ccc(F)cc4)C(=O)C32)c1. The van der Waals surface area contributed by atoms with Crippen LogP contribution in [0.1, 0.15) is 5.56 Å². The second kappa shape index (κ2) is 6.73. The van der Waals surface area contributed by atoms with Gasteiger partial charge in [-0.3, -0.25) is 14.6 Å². The molecule has 7 nitrogen and oxygen atoms in total. The van der Waals surface area contributed by atoms with Crippen LogP contribution in [0.25, 0.3) is 0 Å². The Morgan fingerprint density at radius 1 is 1.15 bits per heavy atom. The Morgan fingerprint density at radius 3 is 2.59 bits per heavy atom. The average molecular weight is 433 g/mol. The smallest absolute Gasteiger partial charge is 0.263 e. The van der Waals surface area contributed by atoms with E-state index in [9.17, 15) is 14.0 Å². The van der Waals surface area contributed by atoms with Crippen molar-refractivity contribution in [3.05, 3.63) is 58.3 Å². The first kappa shape index (κ1) is 17.6. The number of hydrogen-bond donors (Lipinski definition) is 0. The van der Waals surface area contributed by atoms with Crippen molar-refractivity contribution in [1.82, 2.24) is 5.01 Å². The quantitative estimate of drug-likeness (QED) is 0.695. The number of carbonyl (C=O) groups is 2. The number of hydrogen-bond acceptors (Lipinski definition) is 6. The molecule has 0 radical (unpaired) electrons. The molecule has 0 bridgehead atoms. The molecule has 4 rings (SSSR count). The van der Waals surface area contributed by atoms with Crippen LogP contribution in [-0.4, -0.2) is 36.0 Å². The summed E-state index contributed by atoms with van der Waals surface area (Å²) in [7, 11) is 1.57. The molecule has 2 amide bonds. The molecule has 0 aliphatic carbocycles. The molecule has 0 spiro atoms. The molecule has 2 aliphatic rings. The van der Waals surface area contributed by atoms with Crippen LogP contribution in [0.2, 0.25) is 0 Å². The summed E-state index contributed by atoms with van der Waals surface area (Å²) in [4.78, 5) is 26.6. The third-order valence-electron chi connectivity index (χ3n) is 4.53. The summed E-state index contributed by atoms with van der Waals surface area (Å²) >= 11 is 3.47. The molecule has 1 fully saturated rings. The van der Waals surface area contributed by atoms with Crippen molar-refractivity contribution in [2.75, 3.05) is 12.0 Å². The summed E-state index contributed by atoms with van der Waals surface area (Å²) in [5.41, 5.74) is 1.16. The number of carbonyl (C=O) groups excluding carboxylic acids is 2. The number of nitrogens with zero attached hydrogens (tertiary/aromatic N) is 4. The Bertz CT molecular complexity index is 950. The summed E-state index contributed by atoms with van der Waals surface area (Å²) in [6.07, 6.45) is 0. The molecule has 0 saturated carbocycles. The Labute approximate surface area is 162 Å². The fourth-order valence-corrected chi connectivity index (χ4v) is 3.54. The molecule has 0 N–H and O–H groups in total. The topological polar surface area (TPSA) is 74.6 Å². The molecule has 0 aromatic heterocycles. The minimum absolute atomic E-state index is 0.277. The van der Waals surface area contributed by atoms with Gasteiger partial charge in [0, 0.05) is 4.47 Å². The fourth-order valence-electron chi connectivity index (χ4n) is 3.17. The van der Waals surface area contributed by atoms with Crippen molar-refractivity contribution in [1.29, 1.82) is 0 Å².